The Morgan fingerprint density at radius 2 is 2.39 bits per heavy atom. The first kappa shape index (κ1) is 11.3. The molecule has 0 aliphatic carbocycles. The number of aryl methyl sites for hydroxylation is 1. The Bertz CT molecular complexity index is 507. The summed E-state index contributed by atoms with van der Waals surface area (Å²) in [7, 11) is 0. The normalized spacial score (nSPS) is 20.4. The van der Waals surface area contributed by atoms with Crippen molar-refractivity contribution in [1.82, 2.24) is 24.6 Å². The van der Waals surface area contributed by atoms with Crippen molar-refractivity contribution in [2.24, 2.45) is 0 Å². The lowest BCUT2D eigenvalue weighted by Gasteiger charge is -2.15. The molecule has 0 saturated carbocycles. The first-order chi connectivity index (χ1) is 8.81. The summed E-state index contributed by atoms with van der Waals surface area (Å²) >= 11 is 0. The van der Waals surface area contributed by atoms with Crippen LogP contribution in [0.3, 0.4) is 0 Å². The summed E-state index contributed by atoms with van der Waals surface area (Å²) in [5.74, 6) is 0. The molecule has 1 saturated heterocycles. The average molecular weight is 243 g/mol. The van der Waals surface area contributed by atoms with Gasteiger partial charge >= 0.3 is 0 Å². The van der Waals surface area contributed by atoms with Gasteiger partial charge in [-0.05, 0) is 25.0 Å². The lowest BCUT2D eigenvalue weighted by atomic mass is 10.3. The summed E-state index contributed by atoms with van der Waals surface area (Å²) < 4.78 is 2.09. The molecule has 1 unspecified atom stereocenters. The van der Waals surface area contributed by atoms with Gasteiger partial charge in [0, 0.05) is 32.0 Å². The molecule has 3 heterocycles. The van der Waals surface area contributed by atoms with E-state index in [4.69, 9.17) is 0 Å². The fourth-order valence-electron chi connectivity index (χ4n) is 2.45. The fraction of sp³-hybridized carbons (Fsp3) is 0.462. The van der Waals surface area contributed by atoms with Crippen LogP contribution in [0.1, 0.15) is 23.7 Å². The highest BCUT2D eigenvalue weighted by Crippen LogP contribution is 2.22. The second-order valence-electron chi connectivity index (χ2n) is 4.88. The van der Waals surface area contributed by atoms with Crippen LogP contribution in [0.5, 0.6) is 0 Å². The van der Waals surface area contributed by atoms with Gasteiger partial charge < -0.3 is 0 Å². The van der Waals surface area contributed by atoms with Crippen LogP contribution in [0.2, 0.25) is 0 Å². The van der Waals surface area contributed by atoms with Crippen molar-refractivity contribution in [2.45, 2.75) is 25.9 Å². The molecule has 0 aromatic carbocycles. The van der Waals surface area contributed by atoms with Crippen molar-refractivity contribution in [3.63, 3.8) is 0 Å². The summed E-state index contributed by atoms with van der Waals surface area (Å²) in [6, 6.07) is 2.48. The van der Waals surface area contributed by atoms with Gasteiger partial charge in [-0.3, -0.25) is 9.58 Å². The first-order valence-corrected chi connectivity index (χ1v) is 6.29. The van der Waals surface area contributed by atoms with Crippen LogP contribution in [0.4, 0.5) is 0 Å². The Hall–Kier alpha value is -1.75. The molecule has 0 N–H and O–H groups in total. The molecule has 1 aliphatic rings. The molecule has 5 heteroatoms. The van der Waals surface area contributed by atoms with Crippen LogP contribution in [-0.2, 0) is 6.54 Å². The van der Waals surface area contributed by atoms with Crippen LogP contribution in [-0.4, -0.2) is 37.7 Å². The van der Waals surface area contributed by atoms with E-state index < -0.39 is 0 Å². The summed E-state index contributed by atoms with van der Waals surface area (Å²) in [6.45, 7) is 5.13. The first-order valence-electron chi connectivity index (χ1n) is 6.29. The zero-order valence-electron chi connectivity index (χ0n) is 10.5. The third-order valence-electron chi connectivity index (χ3n) is 3.38. The Morgan fingerprint density at radius 3 is 3.11 bits per heavy atom. The smallest absolute Gasteiger partial charge is 0.115 e. The lowest BCUT2D eigenvalue weighted by Crippen LogP contribution is -2.21. The molecule has 5 nitrogen and oxygen atoms in total. The molecule has 1 fully saturated rings. The third-order valence-corrected chi connectivity index (χ3v) is 3.38. The molecule has 2 aromatic rings. The van der Waals surface area contributed by atoms with E-state index in [0.29, 0.717) is 6.04 Å². The maximum Gasteiger partial charge on any atom is 0.115 e. The van der Waals surface area contributed by atoms with E-state index in [9.17, 15) is 0 Å². The van der Waals surface area contributed by atoms with Crippen molar-refractivity contribution in [3.05, 3.63) is 42.2 Å². The van der Waals surface area contributed by atoms with E-state index in [1.165, 1.54) is 5.56 Å². The minimum absolute atomic E-state index is 0.500. The molecule has 18 heavy (non-hydrogen) atoms. The van der Waals surface area contributed by atoms with Crippen molar-refractivity contribution in [3.8, 4) is 0 Å². The summed E-state index contributed by atoms with van der Waals surface area (Å²) in [4.78, 5) is 10.6. The van der Waals surface area contributed by atoms with Gasteiger partial charge in [0.25, 0.3) is 0 Å². The maximum atomic E-state index is 4.40. The van der Waals surface area contributed by atoms with Gasteiger partial charge in [0.1, 0.15) is 6.33 Å². The molecule has 0 radical (unpaired) electrons. The molecule has 94 valence electrons. The van der Waals surface area contributed by atoms with Crippen LogP contribution in [0.25, 0.3) is 0 Å². The van der Waals surface area contributed by atoms with Gasteiger partial charge in [-0.1, -0.05) is 0 Å². The average Bonchev–Trinajstić information content (AvgIpc) is 2.99. The highest BCUT2D eigenvalue weighted by atomic mass is 15.3. The van der Waals surface area contributed by atoms with Crippen LogP contribution < -0.4 is 0 Å². The van der Waals surface area contributed by atoms with E-state index in [1.54, 1.807) is 12.5 Å². The number of aromatic nitrogens is 4. The third kappa shape index (κ3) is 2.41. The van der Waals surface area contributed by atoms with Crippen molar-refractivity contribution < 1.29 is 0 Å². The fourth-order valence-corrected chi connectivity index (χ4v) is 2.45. The number of nitrogens with zero attached hydrogens (tertiary/aromatic N) is 5. The molecule has 0 bridgehead atoms. The molecule has 0 spiro atoms. The van der Waals surface area contributed by atoms with Crippen molar-refractivity contribution >= 4 is 0 Å². The molecule has 1 atom stereocenters. The monoisotopic (exact) mass is 243 g/mol. The van der Waals surface area contributed by atoms with E-state index in [-0.39, 0.29) is 0 Å². The SMILES string of the molecule is Cc1cnn(C2CCN(Cc3ccncn3)C2)c1. The quantitative estimate of drug-likeness (QED) is 0.818. The molecule has 3 rings (SSSR count). The summed E-state index contributed by atoms with van der Waals surface area (Å²) in [5.41, 5.74) is 2.31. The Balaban J connectivity index is 1.62. The van der Waals surface area contributed by atoms with Crippen molar-refractivity contribution in [2.75, 3.05) is 13.1 Å². The number of rotatable bonds is 3. The van der Waals surface area contributed by atoms with E-state index >= 15 is 0 Å². The van der Waals surface area contributed by atoms with E-state index in [1.807, 2.05) is 12.3 Å². The second-order valence-corrected chi connectivity index (χ2v) is 4.88. The van der Waals surface area contributed by atoms with Gasteiger partial charge in [0.2, 0.25) is 0 Å². The number of hydrogen-bond acceptors (Lipinski definition) is 4. The number of hydrogen-bond donors (Lipinski definition) is 0. The van der Waals surface area contributed by atoms with Gasteiger partial charge in [0.15, 0.2) is 0 Å². The van der Waals surface area contributed by atoms with Gasteiger partial charge in [0.05, 0.1) is 17.9 Å². The topological polar surface area (TPSA) is 46.8 Å². The van der Waals surface area contributed by atoms with Crippen LogP contribution in [0, 0.1) is 6.92 Å². The second kappa shape index (κ2) is 4.86. The minimum Gasteiger partial charge on any atom is -0.295 e. The number of likely N-dealkylation sites (tertiary alicyclic amines) is 1. The van der Waals surface area contributed by atoms with Gasteiger partial charge in [-0.15, -0.1) is 0 Å². The lowest BCUT2D eigenvalue weighted by molar-refractivity contribution is 0.308. The summed E-state index contributed by atoms with van der Waals surface area (Å²) in [6.07, 6.45) is 8.62. The van der Waals surface area contributed by atoms with Crippen LogP contribution in [0.15, 0.2) is 31.0 Å². The largest absolute Gasteiger partial charge is 0.295 e. The predicted octanol–water partition coefficient (Wildman–Crippen LogP) is 1.43. The summed E-state index contributed by atoms with van der Waals surface area (Å²) in [5, 5.41) is 4.40. The minimum atomic E-state index is 0.500. The molecular formula is C13H17N5. The maximum absolute atomic E-state index is 4.40. The highest BCUT2D eigenvalue weighted by Gasteiger charge is 2.24. The standard InChI is InChI=1S/C13H17N5/c1-11-6-16-18(7-11)13-3-5-17(9-13)8-12-2-4-14-10-15-12/h2,4,6-7,10,13H,3,5,8-9H2,1H3. The Morgan fingerprint density at radius 1 is 1.44 bits per heavy atom. The molecule has 0 amide bonds. The molecule has 2 aromatic heterocycles. The predicted molar refractivity (Wildman–Crippen MR) is 67.9 cm³/mol. The van der Waals surface area contributed by atoms with E-state index in [0.717, 1.165) is 31.7 Å². The van der Waals surface area contributed by atoms with Gasteiger partial charge in [-0.2, -0.15) is 5.10 Å². The molecule has 1 aliphatic heterocycles. The Kier molecular flexibility index (Phi) is 3.06. The van der Waals surface area contributed by atoms with E-state index in [2.05, 4.69) is 37.8 Å². The molecular weight excluding hydrogens is 226 g/mol. The zero-order chi connectivity index (χ0) is 12.4. The van der Waals surface area contributed by atoms with Crippen LogP contribution >= 0.6 is 0 Å². The zero-order valence-corrected chi connectivity index (χ0v) is 10.5. The van der Waals surface area contributed by atoms with Gasteiger partial charge in [-0.25, -0.2) is 9.97 Å². The Labute approximate surface area is 106 Å². The van der Waals surface area contributed by atoms with Crippen molar-refractivity contribution in [1.29, 1.82) is 0 Å². The highest BCUT2D eigenvalue weighted by molar-refractivity contribution is 5.02.